The van der Waals surface area contributed by atoms with Gasteiger partial charge in [-0.1, -0.05) is 31.5 Å². The monoisotopic (exact) mass is 200 g/mol. The van der Waals surface area contributed by atoms with E-state index in [-0.39, 0.29) is 6.04 Å². The summed E-state index contributed by atoms with van der Waals surface area (Å²) in [6.07, 6.45) is 3.95. The number of fused-ring (bicyclic) bond motifs is 1. The van der Waals surface area contributed by atoms with Gasteiger partial charge in [0.25, 0.3) is 0 Å². The summed E-state index contributed by atoms with van der Waals surface area (Å²) in [6.45, 7) is 2.16. The SMILES string of the molecule is CCCC(N)c1cccc2ncccc12. The van der Waals surface area contributed by atoms with Gasteiger partial charge in [-0.2, -0.15) is 0 Å². The fourth-order valence-electron chi connectivity index (χ4n) is 1.92. The van der Waals surface area contributed by atoms with E-state index in [0.717, 1.165) is 18.4 Å². The second-order valence-corrected chi connectivity index (χ2v) is 3.81. The van der Waals surface area contributed by atoms with Gasteiger partial charge in [-0.25, -0.2) is 0 Å². The highest BCUT2D eigenvalue weighted by Crippen LogP contribution is 2.23. The van der Waals surface area contributed by atoms with E-state index in [1.807, 2.05) is 24.4 Å². The second kappa shape index (κ2) is 4.41. The first-order valence-corrected chi connectivity index (χ1v) is 5.42. The van der Waals surface area contributed by atoms with Crippen LogP contribution in [0.25, 0.3) is 10.9 Å². The molecule has 0 saturated carbocycles. The van der Waals surface area contributed by atoms with Gasteiger partial charge in [-0.15, -0.1) is 0 Å². The molecule has 1 heterocycles. The Hall–Kier alpha value is -1.41. The van der Waals surface area contributed by atoms with Crippen molar-refractivity contribution in [2.24, 2.45) is 5.73 Å². The van der Waals surface area contributed by atoms with Gasteiger partial charge in [0.1, 0.15) is 0 Å². The molecule has 0 fully saturated rings. The third kappa shape index (κ3) is 2.00. The molecule has 1 aromatic carbocycles. The zero-order valence-corrected chi connectivity index (χ0v) is 8.98. The molecular weight excluding hydrogens is 184 g/mol. The number of hydrogen-bond donors (Lipinski definition) is 1. The van der Waals surface area contributed by atoms with Crippen molar-refractivity contribution in [2.45, 2.75) is 25.8 Å². The summed E-state index contributed by atoms with van der Waals surface area (Å²) < 4.78 is 0. The van der Waals surface area contributed by atoms with Crippen LogP contribution in [0, 0.1) is 0 Å². The summed E-state index contributed by atoms with van der Waals surface area (Å²) >= 11 is 0. The Balaban J connectivity index is 2.50. The Morgan fingerprint density at radius 3 is 2.93 bits per heavy atom. The molecule has 0 aliphatic heterocycles. The first kappa shape index (κ1) is 10.1. The number of benzene rings is 1. The van der Waals surface area contributed by atoms with Gasteiger partial charge in [0, 0.05) is 17.6 Å². The minimum atomic E-state index is 0.128. The molecule has 0 radical (unpaired) electrons. The van der Waals surface area contributed by atoms with Crippen LogP contribution in [-0.4, -0.2) is 4.98 Å². The predicted molar refractivity (Wildman–Crippen MR) is 63.6 cm³/mol. The Kier molecular flexibility index (Phi) is 2.97. The summed E-state index contributed by atoms with van der Waals surface area (Å²) in [6, 6.07) is 10.3. The van der Waals surface area contributed by atoms with Crippen molar-refractivity contribution >= 4 is 10.9 Å². The predicted octanol–water partition coefficient (Wildman–Crippen LogP) is 3.03. The molecule has 0 spiro atoms. The normalized spacial score (nSPS) is 12.9. The molecular formula is C13H16N2. The zero-order valence-electron chi connectivity index (χ0n) is 8.98. The van der Waals surface area contributed by atoms with Crippen molar-refractivity contribution in [1.29, 1.82) is 0 Å². The fourth-order valence-corrected chi connectivity index (χ4v) is 1.92. The van der Waals surface area contributed by atoms with Crippen LogP contribution in [0.1, 0.15) is 31.4 Å². The molecule has 2 N–H and O–H groups in total. The Labute approximate surface area is 90.1 Å². The van der Waals surface area contributed by atoms with Crippen LogP contribution in [0.15, 0.2) is 36.5 Å². The van der Waals surface area contributed by atoms with Gasteiger partial charge in [0.05, 0.1) is 5.52 Å². The van der Waals surface area contributed by atoms with Crippen LogP contribution in [0.3, 0.4) is 0 Å². The van der Waals surface area contributed by atoms with E-state index in [9.17, 15) is 0 Å². The average molecular weight is 200 g/mol. The van der Waals surface area contributed by atoms with Gasteiger partial charge in [0.15, 0.2) is 0 Å². The van der Waals surface area contributed by atoms with Crippen molar-refractivity contribution in [3.63, 3.8) is 0 Å². The van der Waals surface area contributed by atoms with Crippen molar-refractivity contribution in [3.05, 3.63) is 42.1 Å². The number of aromatic nitrogens is 1. The lowest BCUT2D eigenvalue weighted by Gasteiger charge is -2.13. The maximum absolute atomic E-state index is 6.14. The van der Waals surface area contributed by atoms with Gasteiger partial charge in [0.2, 0.25) is 0 Å². The van der Waals surface area contributed by atoms with Crippen molar-refractivity contribution in [2.75, 3.05) is 0 Å². The third-order valence-corrected chi connectivity index (χ3v) is 2.68. The van der Waals surface area contributed by atoms with Crippen LogP contribution in [0.4, 0.5) is 0 Å². The van der Waals surface area contributed by atoms with Gasteiger partial charge in [-0.3, -0.25) is 4.98 Å². The highest BCUT2D eigenvalue weighted by molar-refractivity contribution is 5.82. The largest absolute Gasteiger partial charge is 0.324 e. The molecule has 0 saturated heterocycles. The molecule has 0 aliphatic rings. The quantitative estimate of drug-likeness (QED) is 0.827. The third-order valence-electron chi connectivity index (χ3n) is 2.68. The summed E-state index contributed by atoms with van der Waals surface area (Å²) in [7, 11) is 0. The van der Waals surface area contributed by atoms with Crippen LogP contribution in [0.2, 0.25) is 0 Å². The molecule has 1 atom stereocenters. The summed E-state index contributed by atoms with van der Waals surface area (Å²) in [4.78, 5) is 4.33. The summed E-state index contributed by atoms with van der Waals surface area (Å²) in [5.74, 6) is 0. The lowest BCUT2D eigenvalue weighted by Crippen LogP contribution is -2.10. The van der Waals surface area contributed by atoms with Crippen molar-refractivity contribution in [1.82, 2.24) is 4.98 Å². The lowest BCUT2D eigenvalue weighted by atomic mass is 9.99. The van der Waals surface area contributed by atoms with Gasteiger partial charge >= 0.3 is 0 Å². The average Bonchev–Trinajstić information content (AvgIpc) is 2.28. The number of nitrogens with zero attached hydrogens (tertiary/aromatic N) is 1. The minimum absolute atomic E-state index is 0.128. The molecule has 0 aliphatic carbocycles. The minimum Gasteiger partial charge on any atom is -0.324 e. The van der Waals surface area contributed by atoms with E-state index < -0.39 is 0 Å². The number of rotatable bonds is 3. The number of nitrogens with two attached hydrogens (primary N) is 1. The van der Waals surface area contributed by atoms with E-state index in [2.05, 4.69) is 24.0 Å². The zero-order chi connectivity index (χ0) is 10.7. The molecule has 1 aromatic heterocycles. The smallest absolute Gasteiger partial charge is 0.0705 e. The van der Waals surface area contributed by atoms with Crippen LogP contribution < -0.4 is 5.73 Å². The van der Waals surface area contributed by atoms with E-state index in [1.165, 1.54) is 10.9 Å². The molecule has 2 nitrogen and oxygen atoms in total. The molecule has 2 rings (SSSR count). The molecule has 1 unspecified atom stereocenters. The second-order valence-electron chi connectivity index (χ2n) is 3.81. The van der Waals surface area contributed by atoms with E-state index in [0.29, 0.717) is 0 Å². The van der Waals surface area contributed by atoms with E-state index in [4.69, 9.17) is 5.73 Å². The van der Waals surface area contributed by atoms with Crippen LogP contribution in [0.5, 0.6) is 0 Å². The maximum atomic E-state index is 6.14. The van der Waals surface area contributed by atoms with Gasteiger partial charge < -0.3 is 5.73 Å². The Bertz CT molecular complexity index is 446. The fraction of sp³-hybridized carbons (Fsp3) is 0.308. The van der Waals surface area contributed by atoms with E-state index >= 15 is 0 Å². The Morgan fingerprint density at radius 1 is 1.27 bits per heavy atom. The van der Waals surface area contributed by atoms with Gasteiger partial charge in [-0.05, 0) is 24.1 Å². The van der Waals surface area contributed by atoms with Crippen molar-refractivity contribution < 1.29 is 0 Å². The molecule has 2 heteroatoms. The highest BCUT2D eigenvalue weighted by atomic mass is 14.7. The molecule has 2 aromatic rings. The molecule has 0 amide bonds. The maximum Gasteiger partial charge on any atom is 0.0705 e. The number of pyridine rings is 1. The highest BCUT2D eigenvalue weighted by Gasteiger charge is 2.08. The molecule has 15 heavy (non-hydrogen) atoms. The van der Waals surface area contributed by atoms with E-state index in [1.54, 1.807) is 0 Å². The van der Waals surface area contributed by atoms with Crippen molar-refractivity contribution in [3.8, 4) is 0 Å². The number of hydrogen-bond acceptors (Lipinski definition) is 2. The first-order chi connectivity index (χ1) is 7.33. The summed E-state index contributed by atoms with van der Waals surface area (Å²) in [5, 5.41) is 1.18. The standard InChI is InChI=1S/C13H16N2/c1-2-5-12(14)10-6-3-8-13-11(10)7-4-9-15-13/h3-4,6-9,12H,2,5,14H2,1H3. The molecule has 0 bridgehead atoms. The first-order valence-electron chi connectivity index (χ1n) is 5.42. The van der Waals surface area contributed by atoms with Crippen LogP contribution in [-0.2, 0) is 0 Å². The Morgan fingerprint density at radius 2 is 2.13 bits per heavy atom. The molecule has 78 valence electrons. The topological polar surface area (TPSA) is 38.9 Å². The lowest BCUT2D eigenvalue weighted by molar-refractivity contribution is 0.642. The summed E-state index contributed by atoms with van der Waals surface area (Å²) in [5.41, 5.74) is 8.38. The van der Waals surface area contributed by atoms with Crippen LogP contribution >= 0.6 is 0 Å².